The second-order valence-electron chi connectivity index (χ2n) is 6.27. The molecule has 3 aromatic rings. The summed E-state index contributed by atoms with van der Waals surface area (Å²) in [6.07, 6.45) is 3.17. The van der Waals surface area contributed by atoms with Gasteiger partial charge in [-0.15, -0.1) is 0 Å². The summed E-state index contributed by atoms with van der Waals surface area (Å²) in [7, 11) is -2.75. The molecular weight excluding hydrogens is 409 g/mol. The Labute approximate surface area is 174 Å². The molecule has 0 bridgehead atoms. The topological polar surface area (TPSA) is 88.6 Å². The van der Waals surface area contributed by atoms with Crippen LogP contribution in [0.3, 0.4) is 0 Å². The number of anilines is 1. The Hall–Kier alpha value is -3.46. The van der Waals surface area contributed by atoms with Crippen LogP contribution in [0.25, 0.3) is 0 Å². The number of sulfonamides is 1. The van der Waals surface area contributed by atoms with Gasteiger partial charge in [-0.05, 0) is 54.1 Å². The number of methoxy groups -OCH3 is 1. The highest BCUT2D eigenvalue weighted by atomic mass is 32.2. The van der Waals surface area contributed by atoms with E-state index in [2.05, 4.69) is 10.3 Å². The van der Waals surface area contributed by atoms with Crippen molar-refractivity contribution in [3.05, 3.63) is 84.4 Å². The first-order valence-electron chi connectivity index (χ1n) is 8.99. The fourth-order valence-electron chi connectivity index (χ4n) is 2.72. The van der Waals surface area contributed by atoms with Gasteiger partial charge < -0.3 is 10.1 Å². The molecule has 9 heteroatoms. The molecule has 30 heavy (non-hydrogen) atoms. The molecule has 0 spiro atoms. The summed E-state index contributed by atoms with van der Waals surface area (Å²) in [6.45, 7) is -0.393. The van der Waals surface area contributed by atoms with Crippen LogP contribution in [0.4, 0.5) is 10.1 Å². The molecule has 0 saturated carbocycles. The van der Waals surface area contributed by atoms with Gasteiger partial charge in [-0.2, -0.15) is 0 Å². The first kappa shape index (κ1) is 21.3. The Kier molecular flexibility index (Phi) is 6.63. The molecule has 2 aromatic carbocycles. The normalized spacial score (nSPS) is 11.0. The monoisotopic (exact) mass is 429 g/mol. The molecule has 1 aromatic heterocycles. The van der Waals surface area contributed by atoms with E-state index < -0.39 is 28.3 Å². The Morgan fingerprint density at radius 1 is 1.07 bits per heavy atom. The van der Waals surface area contributed by atoms with Crippen LogP contribution in [0, 0.1) is 5.82 Å². The number of halogens is 1. The van der Waals surface area contributed by atoms with Crippen LogP contribution < -0.4 is 14.4 Å². The maximum atomic E-state index is 14.4. The van der Waals surface area contributed by atoms with Crippen molar-refractivity contribution in [3.63, 3.8) is 0 Å². The summed E-state index contributed by atoms with van der Waals surface area (Å²) in [6, 6.07) is 14.5. The van der Waals surface area contributed by atoms with E-state index in [1.165, 1.54) is 49.6 Å². The van der Waals surface area contributed by atoms with Crippen molar-refractivity contribution in [1.29, 1.82) is 0 Å². The van der Waals surface area contributed by atoms with Crippen LogP contribution in [0.1, 0.15) is 5.56 Å². The maximum Gasteiger partial charge on any atom is 0.264 e. The number of pyridine rings is 1. The average Bonchev–Trinajstić information content (AvgIpc) is 2.77. The number of aromatic nitrogens is 1. The number of rotatable bonds is 8. The number of hydrogen-bond donors (Lipinski definition) is 1. The highest BCUT2D eigenvalue weighted by molar-refractivity contribution is 7.92. The number of ether oxygens (including phenoxy) is 1. The Morgan fingerprint density at radius 2 is 1.73 bits per heavy atom. The molecule has 7 nitrogen and oxygen atoms in total. The first-order chi connectivity index (χ1) is 14.4. The van der Waals surface area contributed by atoms with Crippen LogP contribution in [0.15, 0.2) is 78.0 Å². The van der Waals surface area contributed by atoms with Crippen molar-refractivity contribution in [1.82, 2.24) is 10.3 Å². The third kappa shape index (κ3) is 4.93. The zero-order valence-electron chi connectivity index (χ0n) is 16.2. The molecule has 0 unspecified atom stereocenters. The minimum Gasteiger partial charge on any atom is -0.497 e. The van der Waals surface area contributed by atoms with Crippen LogP contribution in [0.2, 0.25) is 0 Å². The molecule has 0 radical (unpaired) electrons. The highest BCUT2D eigenvalue weighted by Gasteiger charge is 2.29. The molecule has 0 fully saturated rings. The van der Waals surface area contributed by atoms with E-state index in [0.717, 1.165) is 15.9 Å². The second-order valence-corrected chi connectivity index (χ2v) is 8.13. The molecule has 1 N–H and O–H groups in total. The summed E-state index contributed by atoms with van der Waals surface area (Å²) in [4.78, 5) is 16.3. The van der Waals surface area contributed by atoms with Gasteiger partial charge in [-0.3, -0.25) is 14.1 Å². The molecular formula is C21H20FN3O4S. The summed E-state index contributed by atoms with van der Waals surface area (Å²) in [5, 5.41) is 2.65. The number of nitrogens with one attached hydrogen (secondary N) is 1. The lowest BCUT2D eigenvalue weighted by Crippen LogP contribution is -2.41. The number of para-hydroxylation sites is 1. The van der Waals surface area contributed by atoms with Crippen molar-refractivity contribution in [2.24, 2.45) is 0 Å². The van der Waals surface area contributed by atoms with Gasteiger partial charge in [-0.1, -0.05) is 12.1 Å². The molecule has 0 aliphatic carbocycles. The fraction of sp³-hybridized carbons (Fsp3) is 0.143. The van der Waals surface area contributed by atoms with Crippen molar-refractivity contribution < 1.29 is 22.3 Å². The minimum atomic E-state index is -4.21. The Balaban J connectivity index is 1.88. The van der Waals surface area contributed by atoms with E-state index in [4.69, 9.17) is 4.74 Å². The second kappa shape index (κ2) is 9.36. The predicted octanol–water partition coefficient (Wildman–Crippen LogP) is 2.74. The van der Waals surface area contributed by atoms with Gasteiger partial charge >= 0.3 is 0 Å². The predicted molar refractivity (Wildman–Crippen MR) is 110 cm³/mol. The molecule has 1 amide bonds. The Bertz CT molecular complexity index is 1110. The van der Waals surface area contributed by atoms with E-state index in [-0.39, 0.29) is 17.1 Å². The van der Waals surface area contributed by atoms with Crippen molar-refractivity contribution in [2.45, 2.75) is 11.4 Å². The van der Waals surface area contributed by atoms with E-state index >= 15 is 0 Å². The molecule has 156 valence electrons. The molecule has 0 atom stereocenters. The molecule has 1 heterocycles. The fourth-order valence-corrected chi connectivity index (χ4v) is 4.14. The van der Waals surface area contributed by atoms with Crippen LogP contribution in [-0.2, 0) is 21.4 Å². The minimum absolute atomic E-state index is 0.0894. The molecule has 3 rings (SSSR count). The van der Waals surface area contributed by atoms with Gasteiger partial charge in [0.25, 0.3) is 10.0 Å². The van der Waals surface area contributed by atoms with Gasteiger partial charge in [0.2, 0.25) is 5.91 Å². The lowest BCUT2D eigenvalue weighted by Gasteiger charge is -2.24. The number of benzene rings is 2. The van der Waals surface area contributed by atoms with E-state index in [9.17, 15) is 17.6 Å². The van der Waals surface area contributed by atoms with Gasteiger partial charge in [0.05, 0.1) is 17.7 Å². The lowest BCUT2D eigenvalue weighted by atomic mass is 10.2. The number of amides is 1. The quantitative estimate of drug-likeness (QED) is 0.595. The third-order valence-corrected chi connectivity index (χ3v) is 6.07. The highest BCUT2D eigenvalue weighted by Crippen LogP contribution is 2.27. The lowest BCUT2D eigenvalue weighted by molar-refractivity contribution is -0.119. The van der Waals surface area contributed by atoms with E-state index in [1.54, 1.807) is 24.5 Å². The van der Waals surface area contributed by atoms with Crippen molar-refractivity contribution in [3.8, 4) is 5.75 Å². The standard InChI is InChI=1S/C21H20FN3O4S/c1-29-17-6-8-18(9-7-17)30(27,28)25(20-5-3-2-4-19(20)22)15-21(26)24-14-16-10-12-23-13-11-16/h2-13H,14-15H2,1H3,(H,24,26). The SMILES string of the molecule is COc1ccc(S(=O)(=O)N(CC(=O)NCc2ccncc2)c2ccccc2F)cc1. The number of carbonyl (C=O) groups is 1. The summed E-state index contributed by atoms with van der Waals surface area (Å²) < 4.78 is 46.7. The third-order valence-electron chi connectivity index (χ3n) is 4.29. The molecule has 0 saturated heterocycles. The van der Waals surface area contributed by atoms with Gasteiger partial charge in [-0.25, -0.2) is 12.8 Å². The largest absolute Gasteiger partial charge is 0.497 e. The zero-order valence-corrected chi connectivity index (χ0v) is 17.0. The van der Waals surface area contributed by atoms with Crippen LogP contribution in [0.5, 0.6) is 5.75 Å². The van der Waals surface area contributed by atoms with Crippen LogP contribution in [-0.4, -0.2) is 33.0 Å². The first-order valence-corrected chi connectivity index (χ1v) is 10.4. The summed E-state index contributed by atoms with van der Waals surface area (Å²) in [5.74, 6) is -0.856. The number of nitrogens with zero attached hydrogens (tertiary/aromatic N) is 2. The van der Waals surface area contributed by atoms with Gasteiger partial charge in [0.15, 0.2) is 0 Å². The maximum absolute atomic E-state index is 14.4. The van der Waals surface area contributed by atoms with Crippen molar-refractivity contribution in [2.75, 3.05) is 18.0 Å². The zero-order chi connectivity index (χ0) is 21.6. The van der Waals surface area contributed by atoms with Crippen molar-refractivity contribution >= 4 is 21.6 Å². The van der Waals surface area contributed by atoms with Gasteiger partial charge in [0.1, 0.15) is 18.1 Å². The Morgan fingerprint density at radius 3 is 2.37 bits per heavy atom. The average molecular weight is 429 g/mol. The molecule has 0 aliphatic heterocycles. The number of carbonyl (C=O) groups excluding carboxylic acids is 1. The van der Waals surface area contributed by atoms with Gasteiger partial charge in [0, 0.05) is 18.9 Å². The van der Waals surface area contributed by atoms with E-state index in [1.807, 2.05) is 0 Å². The number of hydrogen-bond acceptors (Lipinski definition) is 5. The van der Waals surface area contributed by atoms with Crippen LogP contribution >= 0.6 is 0 Å². The molecule has 0 aliphatic rings. The summed E-state index contributed by atoms with van der Waals surface area (Å²) in [5.41, 5.74) is 0.584. The summed E-state index contributed by atoms with van der Waals surface area (Å²) >= 11 is 0. The smallest absolute Gasteiger partial charge is 0.264 e. The van der Waals surface area contributed by atoms with E-state index in [0.29, 0.717) is 5.75 Å².